The molecule has 0 radical (unpaired) electrons. The van der Waals surface area contributed by atoms with E-state index in [1.54, 1.807) is 0 Å². The van der Waals surface area contributed by atoms with Crippen molar-refractivity contribution in [1.82, 2.24) is 0 Å². The maximum absolute atomic E-state index is 12.2. The number of hydrogen-bond acceptors (Lipinski definition) is 1. The van der Waals surface area contributed by atoms with Crippen LogP contribution in [0.25, 0.3) is 6.08 Å². The molecule has 2 heteroatoms. The standard InChI is InChI=1S/C19H21NO/c1-14(2)17-9-11-18(12-10-17)20-19(21)15(3)13-16-7-5-4-6-8-16/h4-14H,1-3H3,(H,20,21)/b15-13+. The van der Waals surface area contributed by atoms with Crippen molar-refractivity contribution in [3.05, 3.63) is 71.3 Å². The van der Waals surface area contributed by atoms with Crippen molar-refractivity contribution >= 4 is 17.7 Å². The molecule has 0 unspecified atom stereocenters. The van der Waals surface area contributed by atoms with Crippen LogP contribution in [-0.4, -0.2) is 5.91 Å². The highest BCUT2D eigenvalue weighted by atomic mass is 16.1. The third kappa shape index (κ3) is 4.32. The second-order valence-corrected chi connectivity index (χ2v) is 5.47. The molecule has 0 heterocycles. The van der Waals surface area contributed by atoms with Crippen molar-refractivity contribution in [3.63, 3.8) is 0 Å². The van der Waals surface area contributed by atoms with Gasteiger partial charge in [-0.1, -0.05) is 56.3 Å². The number of carbonyl (C=O) groups is 1. The highest BCUT2D eigenvalue weighted by molar-refractivity contribution is 6.06. The lowest BCUT2D eigenvalue weighted by atomic mass is 10.0. The van der Waals surface area contributed by atoms with Crippen molar-refractivity contribution in [1.29, 1.82) is 0 Å². The molecule has 21 heavy (non-hydrogen) atoms. The zero-order valence-corrected chi connectivity index (χ0v) is 12.8. The Balaban J connectivity index is 2.05. The summed E-state index contributed by atoms with van der Waals surface area (Å²) >= 11 is 0. The fourth-order valence-electron chi connectivity index (χ4n) is 2.05. The molecule has 2 nitrogen and oxygen atoms in total. The van der Waals surface area contributed by atoms with Gasteiger partial charge in [-0.25, -0.2) is 0 Å². The summed E-state index contributed by atoms with van der Waals surface area (Å²) in [7, 11) is 0. The first-order valence-electron chi connectivity index (χ1n) is 7.21. The summed E-state index contributed by atoms with van der Waals surface area (Å²) in [5.41, 5.74) is 3.81. The van der Waals surface area contributed by atoms with Crippen LogP contribution >= 0.6 is 0 Å². The quantitative estimate of drug-likeness (QED) is 0.796. The van der Waals surface area contributed by atoms with Crippen molar-refractivity contribution in [2.75, 3.05) is 5.32 Å². The SMILES string of the molecule is C/C(=C\c1ccccc1)C(=O)Nc1ccc(C(C)C)cc1. The number of benzene rings is 2. The van der Waals surface area contributed by atoms with Crippen LogP contribution in [0, 0.1) is 0 Å². The van der Waals surface area contributed by atoms with Crippen molar-refractivity contribution in [2.24, 2.45) is 0 Å². The van der Waals surface area contributed by atoms with E-state index in [-0.39, 0.29) is 5.91 Å². The predicted octanol–water partition coefficient (Wildman–Crippen LogP) is 4.85. The first kappa shape index (κ1) is 15.0. The monoisotopic (exact) mass is 279 g/mol. The van der Waals surface area contributed by atoms with Crippen molar-refractivity contribution in [2.45, 2.75) is 26.7 Å². The van der Waals surface area contributed by atoms with Crippen LogP contribution in [0.4, 0.5) is 5.69 Å². The zero-order valence-electron chi connectivity index (χ0n) is 12.8. The van der Waals surface area contributed by atoms with E-state index in [4.69, 9.17) is 0 Å². The van der Waals surface area contributed by atoms with E-state index in [1.165, 1.54) is 5.56 Å². The molecular weight excluding hydrogens is 258 g/mol. The average molecular weight is 279 g/mol. The summed E-state index contributed by atoms with van der Waals surface area (Å²) in [5, 5.41) is 2.92. The molecule has 0 saturated heterocycles. The van der Waals surface area contributed by atoms with Gasteiger partial charge in [0.2, 0.25) is 0 Å². The summed E-state index contributed by atoms with van der Waals surface area (Å²) < 4.78 is 0. The Hall–Kier alpha value is -2.35. The average Bonchev–Trinajstić information content (AvgIpc) is 2.48. The van der Waals surface area contributed by atoms with Crippen molar-refractivity contribution < 1.29 is 4.79 Å². The summed E-state index contributed by atoms with van der Waals surface area (Å²) in [4.78, 5) is 12.2. The van der Waals surface area contributed by atoms with Gasteiger partial charge in [0.15, 0.2) is 0 Å². The van der Waals surface area contributed by atoms with Crippen LogP contribution in [0.1, 0.15) is 37.8 Å². The zero-order chi connectivity index (χ0) is 15.2. The lowest BCUT2D eigenvalue weighted by molar-refractivity contribution is -0.112. The molecule has 108 valence electrons. The summed E-state index contributed by atoms with van der Waals surface area (Å²) in [6.07, 6.45) is 1.89. The Kier molecular flexibility index (Phi) is 4.94. The Morgan fingerprint density at radius 1 is 1.00 bits per heavy atom. The van der Waals surface area contributed by atoms with Crippen LogP contribution in [0.2, 0.25) is 0 Å². The van der Waals surface area contributed by atoms with Crippen molar-refractivity contribution in [3.8, 4) is 0 Å². The maximum Gasteiger partial charge on any atom is 0.251 e. The van der Waals surface area contributed by atoms with Gasteiger partial charge in [0, 0.05) is 11.3 Å². The predicted molar refractivity (Wildman–Crippen MR) is 89.3 cm³/mol. The van der Waals surface area contributed by atoms with Crippen LogP contribution in [-0.2, 0) is 4.79 Å². The summed E-state index contributed by atoms with van der Waals surface area (Å²) in [6, 6.07) is 17.8. The van der Waals surface area contributed by atoms with Gasteiger partial charge in [-0.2, -0.15) is 0 Å². The van der Waals surface area contributed by atoms with E-state index in [0.717, 1.165) is 11.3 Å². The van der Waals surface area contributed by atoms with Gasteiger partial charge < -0.3 is 5.32 Å². The summed E-state index contributed by atoms with van der Waals surface area (Å²) in [6.45, 7) is 6.13. The van der Waals surface area contributed by atoms with E-state index in [0.29, 0.717) is 11.5 Å². The van der Waals surface area contributed by atoms with Gasteiger partial charge in [-0.3, -0.25) is 4.79 Å². The van der Waals surface area contributed by atoms with Crippen LogP contribution in [0.3, 0.4) is 0 Å². The number of amides is 1. The Labute approximate surface area is 126 Å². The topological polar surface area (TPSA) is 29.1 Å². The van der Waals surface area contributed by atoms with Gasteiger partial charge in [-0.15, -0.1) is 0 Å². The Bertz CT molecular complexity index is 624. The Morgan fingerprint density at radius 2 is 1.62 bits per heavy atom. The van der Waals surface area contributed by atoms with Crippen LogP contribution in [0.5, 0.6) is 0 Å². The van der Waals surface area contributed by atoms with Gasteiger partial charge in [-0.05, 0) is 42.2 Å². The second-order valence-electron chi connectivity index (χ2n) is 5.47. The molecule has 0 aliphatic carbocycles. The normalized spacial score (nSPS) is 11.5. The third-order valence-corrected chi connectivity index (χ3v) is 3.38. The second kappa shape index (κ2) is 6.89. The van der Waals surface area contributed by atoms with E-state index in [9.17, 15) is 4.79 Å². The number of carbonyl (C=O) groups excluding carboxylic acids is 1. The molecule has 0 spiro atoms. The molecule has 0 aliphatic heterocycles. The fourth-order valence-corrected chi connectivity index (χ4v) is 2.05. The van der Waals surface area contributed by atoms with E-state index in [1.807, 2.05) is 55.5 Å². The molecule has 0 fully saturated rings. The minimum absolute atomic E-state index is 0.0730. The smallest absolute Gasteiger partial charge is 0.251 e. The molecule has 0 bridgehead atoms. The molecule has 1 N–H and O–H groups in total. The number of nitrogens with one attached hydrogen (secondary N) is 1. The number of rotatable bonds is 4. The van der Waals surface area contributed by atoms with E-state index >= 15 is 0 Å². The molecule has 0 saturated carbocycles. The Morgan fingerprint density at radius 3 is 2.19 bits per heavy atom. The van der Waals surface area contributed by atoms with Gasteiger partial charge in [0.25, 0.3) is 5.91 Å². The molecule has 2 rings (SSSR count). The van der Waals surface area contributed by atoms with Gasteiger partial charge in [0.05, 0.1) is 0 Å². The third-order valence-electron chi connectivity index (χ3n) is 3.38. The molecule has 0 aliphatic rings. The minimum atomic E-state index is -0.0730. The first-order valence-corrected chi connectivity index (χ1v) is 7.21. The highest BCUT2D eigenvalue weighted by Gasteiger charge is 2.05. The lowest BCUT2D eigenvalue weighted by Gasteiger charge is -2.08. The molecule has 2 aromatic carbocycles. The largest absolute Gasteiger partial charge is 0.322 e. The molecule has 2 aromatic rings. The minimum Gasteiger partial charge on any atom is -0.322 e. The number of anilines is 1. The molecule has 1 amide bonds. The van der Waals surface area contributed by atoms with Crippen LogP contribution in [0.15, 0.2) is 60.2 Å². The lowest BCUT2D eigenvalue weighted by Crippen LogP contribution is -2.12. The fraction of sp³-hybridized carbons (Fsp3) is 0.211. The van der Waals surface area contributed by atoms with Crippen LogP contribution < -0.4 is 5.32 Å². The first-order chi connectivity index (χ1) is 10.1. The van der Waals surface area contributed by atoms with E-state index in [2.05, 4.69) is 31.3 Å². The maximum atomic E-state index is 12.2. The number of hydrogen-bond donors (Lipinski definition) is 1. The molecule has 0 atom stereocenters. The van der Waals surface area contributed by atoms with Gasteiger partial charge in [0.1, 0.15) is 0 Å². The van der Waals surface area contributed by atoms with E-state index < -0.39 is 0 Å². The molecular formula is C19H21NO. The van der Waals surface area contributed by atoms with Gasteiger partial charge >= 0.3 is 0 Å². The highest BCUT2D eigenvalue weighted by Crippen LogP contribution is 2.17. The molecule has 0 aromatic heterocycles. The summed E-state index contributed by atoms with van der Waals surface area (Å²) in [5.74, 6) is 0.422.